The number of rotatable bonds is 6. The maximum atomic E-state index is 15.5. The number of carboxylic acid groups (broad SMARTS) is 1. The summed E-state index contributed by atoms with van der Waals surface area (Å²) in [5.41, 5.74) is 1.46. The van der Waals surface area contributed by atoms with Crippen LogP contribution in [0.5, 0.6) is 0 Å². The van der Waals surface area contributed by atoms with Crippen LogP contribution < -0.4 is 15.6 Å². The highest BCUT2D eigenvalue weighted by atomic mass is 19.1. The van der Waals surface area contributed by atoms with E-state index in [4.69, 9.17) is 0 Å². The Kier molecular flexibility index (Phi) is 5.65. The van der Waals surface area contributed by atoms with Crippen LogP contribution in [0.3, 0.4) is 0 Å². The van der Waals surface area contributed by atoms with E-state index >= 15 is 4.39 Å². The number of nitrogens with zero attached hydrogens (tertiary/aromatic N) is 3. The van der Waals surface area contributed by atoms with E-state index in [2.05, 4.69) is 15.2 Å². The summed E-state index contributed by atoms with van der Waals surface area (Å²) in [6.45, 7) is 3.70. The molecule has 1 aliphatic rings. The smallest absolute Gasteiger partial charge is 0.341 e. The van der Waals surface area contributed by atoms with Crippen molar-refractivity contribution in [1.29, 1.82) is 0 Å². The van der Waals surface area contributed by atoms with E-state index in [9.17, 15) is 14.7 Å². The van der Waals surface area contributed by atoms with Gasteiger partial charge in [-0.05, 0) is 44.0 Å². The number of nitrogens with one attached hydrogen (secondary N) is 1. The van der Waals surface area contributed by atoms with Crippen molar-refractivity contribution in [3.63, 3.8) is 0 Å². The number of fused-ring (bicyclic) bond motifs is 3. The molecule has 1 fully saturated rings. The number of para-hydroxylation sites is 1. The van der Waals surface area contributed by atoms with Crippen LogP contribution in [0.15, 0.2) is 59.7 Å². The van der Waals surface area contributed by atoms with Gasteiger partial charge in [0.2, 0.25) is 5.43 Å². The largest absolute Gasteiger partial charge is 0.477 e. The van der Waals surface area contributed by atoms with E-state index in [0.717, 1.165) is 25.1 Å². The average molecular weight is 461 g/mol. The molecule has 0 saturated carbocycles. The number of pyridine rings is 2. The van der Waals surface area contributed by atoms with Gasteiger partial charge >= 0.3 is 5.97 Å². The zero-order valence-corrected chi connectivity index (χ0v) is 18.8. The van der Waals surface area contributed by atoms with Crippen molar-refractivity contribution >= 4 is 39.1 Å². The zero-order chi connectivity index (χ0) is 23.8. The van der Waals surface area contributed by atoms with Gasteiger partial charge in [0.15, 0.2) is 0 Å². The molecule has 2 N–H and O–H groups in total. The van der Waals surface area contributed by atoms with Crippen molar-refractivity contribution in [2.24, 2.45) is 0 Å². The van der Waals surface area contributed by atoms with Crippen molar-refractivity contribution in [2.75, 3.05) is 23.3 Å². The second-order valence-corrected chi connectivity index (χ2v) is 8.54. The molecule has 1 atom stereocenters. The summed E-state index contributed by atoms with van der Waals surface area (Å²) >= 11 is 0. The zero-order valence-electron chi connectivity index (χ0n) is 18.8. The van der Waals surface area contributed by atoms with Gasteiger partial charge < -0.3 is 19.9 Å². The fourth-order valence-electron chi connectivity index (χ4n) is 4.86. The Labute approximate surface area is 195 Å². The molecule has 0 bridgehead atoms. The van der Waals surface area contributed by atoms with Gasteiger partial charge in [0.05, 0.1) is 28.3 Å². The quantitative estimate of drug-likeness (QED) is 0.413. The molecule has 174 valence electrons. The second-order valence-electron chi connectivity index (χ2n) is 8.54. The molecule has 0 spiro atoms. The number of carbonyl (C=O) groups is 1. The molecular weight excluding hydrogens is 435 g/mol. The fraction of sp³-hybridized carbons (Fsp3) is 0.269. The average Bonchev–Trinajstić information content (AvgIpc) is 3.31. The highest BCUT2D eigenvalue weighted by molar-refractivity contribution is 6.07. The third-order valence-electron chi connectivity index (χ3n) is 6.56. The van der Waals surface area contributed by atoms with Gasteiger partial charge in [-0.25, -0.2) is 9.18 Å². The summed E-state index contributed by atoms with van der Waals surface area (Å²) in [4.78, 5) is 31.2. The summed E-state index contributed by atoms with van der Waals surface area (Å²) < 4.78 is 17.2. The second kappa shape index (κ2) is 8.78. The topological polar surface area (TPSA) is 87.5 Å². The molecule has 1 aliphatic heterocycles. The molecule has 0 radical (unpaired) electrons. The van der Waals surface area contributed by atoms with Gasteiger partial charge in [-0.15, -0.1) is 0 Å². The van der Waals surface area contributed by atoms with Gasteiger partial charge in [-0.3, -0.25) is 9.78 Å². The molecule has 7 nitrogen and oxygen atoms in total. The van der Waals surface area contributed by atoms with Crippen molar-refractivity contribution < 1.29 is 14.3 Å². The van der Waals surface area contributed by atoms with Crippen LogP contribution >= 0.6 is 0 Å². The molecule has 3 heterocycles. The predicted molar refractivity (Wildman–Crippen MR) is 131 cm³/mol. The first kappa shape index (κ1) is 21.9. The van der Waals surface area contributed by atoms with E-state index in [1.165, 1.54) is 12.3 Å². The highest BCUT2D eigenvalue weighted by Crippen LogP contribution is 2.33. The molecule has 8 heteroatoms. The lowest BCUT2D eigenvalue weighted by Gasteiger charge is -2.28. The number of hydrogen-bond donors (Lipinski definition) is 2. The van der Waals surface area contributed by atoms with E-state index < -0.39 is 17.2 Å². The summed E-state index contributed by atoms with van der Waals surface area (Å²) in [6.07, 6.45) is 4.77. The Balaban J connectivity index is 1.58. The van der Waals surface area contributed by atoms with Crippen LogP contribution in [0.4, 0.5) is 15.8 Å². The van der Waals surface area contributed by atoms with Gasteiger partial charge in [0.1, 0.15) is 11.4 Å². The lowest BCUT2D eigenvalue weighted by atomic mass is 10.1. The van der Waals surface area contributed by atoms with E-state index in [0.29, 0.717) is 35.2 Å². The third kappa shape index (κ3) is 3.75. The minimum Gasteiger partial charge on any atom is -0.477 e. The molecule has 0 aliphatic carbocycles. The van der Waals surface area contributed by atoms with Crippen LogP contribution in [-0.4, -0.2) is 39.8 Å². The molecular formula is C26H25FN4O3. The fourth-order valence-corrected chi connectivity index (χ4v) is 4.86. The number of aromatic nitrogens is 2. The highest BCUT2D eigenvalue weighted by Gasteiger charge is 2.27. The Hall–Kier alpha value is -3.94. The minimum atomic E-state index is -1.30. The molecule has 2 aromatic carbocycles. The number of aromatic carboxylic acids is 1. The first-order valence-corrected chi connectivity index (χ1v) is 11.4. The number of anilines is 2. The summed E-state index contributed by atoms with van der Waals surface area (Å²) in [5.74, 6) is -1.75. The summed E-state index contributed by atoms with van der Waals surface area (Å²) in [7, 11) is 0. The third-order valence-corrected chi connectivity index (χ3v) is 6.56. The normalized spacial score (nSPS) is 15.8. The SMILES string of the molecule is CCn1cc(C(=O)O)c(=O)c2c3cc(F)c(N4CCCC4CNc4ccccc4)cc3ncc21. The minimum absolute atomic E-state index is 0.114. The van der Waals surface area contributed by atoms with Crippen molar-refractivity contribution in [3.05, 3.63) is 76.5 Å². The molecule has 1 saturated heterocycles. The summed E-state index contributed by atoms with van der Waals surface area (Å²) in [6, 6.07) is 13.0. The van der Waals surface area contributed by atoms with Crippen LogP contribution in [0, 0.1) is 5.82 Å². The van der Waals surface area contributed by atoms with Crippen LogP contribution in [0.2, 0.25) is 0 Å². The first-order chi connectivity index (χ1) is 16.5. The van der Waals surface area contributed by atoms with E-state index in [-0.39, 0.29) is 17.0 Å². The van der Waals surface area contributed by atoms with Crippen LogP contribution in [0.1, 0.15) is 30.1 Å². The Bertz CT molecular complexity index is 1450. The van der Waals surface area contributed by atoms with E-state index in [1.54, 1.807) is 16.8 Å². The van der Waals surface area contributed by atoms with Crippen LogP contribution in [0.25, 0.3) is 21.8 Å². The lowest BCUT2D eigenvalue weighted by molar-refractivity contribution is 0.0695. The Morgan fingerprint density at radius 1 is 1.26 bits per heavy atom. The monoisotopic (exact) mass is 460 g/mol. The molecule has 2 aromatic heterocycles. The Morgan fingerprint density at radius 2 is 2.06 bits per heavy atom. The molecule has 4 aromatic rings. The van der Waals surface area contributed by atoms with Crippen molar-refractivity contribution in [2.45, 2.75) is 32.4 Å². The number of hydrogen-bond acceptors (Lipinski definition) is 5. The number of benzene rings is 2. The maximum absolute atomic E-state index is 15.5. The van der Waals surface area contributed by atoms with Crippen LogP contribution in [-0.2, 0) is 6.54 Å². The first-order valence-electron chi connectivity index (χ1n) is 11.4. The Morgan fingerprint density at radius 3 is 2.79 bits per heavy atom. The standard InChI is InChI=1S/C26H25FN4O3/c1-2-30-15-19(26(33)34)25(32)24-18-11-20(27)22(12-21(18)29-14-23(24)30)31-10-6-9-17(31)13-28-16-7-4-3-5-8-16/h3-5,7-8,11-12,14-15,17,28H,2,6,9-10,13H2,1H3,(H,33,34). The predicted octanol–water partition coefficient (Wildman–Crippen LogP) is 4.49. The van der Waals surface area contributed by atoms with Gasteiger partial charge in [-0.2, -0.15) is 0 Å². The van der Waals surface area contributed by atoms with Gasteiger partial charge in [-0.1, -0.05) is 18.2 Å². The van der Waals surface area contributed by atoms with Gasteiger partial charge in [0, 0.05) is 42.9 Å². The molecule has 34 heavy (non-hydrogen) atoms. The maximum Gasteiger partial charge on any atom is 0.341 e. The number of aryl methyl sites for hydroxylation is 1. The molecule has 5 rings (SSSR count). The molecule has 0 amide bonds. The number of halogens is 1. The lowest BCUT2D eigenvalue weighted by Crippen LogP contribution is -2.35. The van der Waals surface area contributed by atoms with Gasteiger partial charge in [0.25, 0.3) is 0 Å². The van der Waals surface area contributed by atoms with E-state index in [1.807, 2.05) is 37.3 Å². The summed E-state index contributed by atoms with van der Waals surface area (Å²) in [5, 5.41) is 13.4. The number of carboxylic acids is 1. The van der Waals surface area contributed by atoms with Crippen molar-refractivity contribution in [3.8, 4) is 0 Å². The van der Waals surface area contributed by atoms with Crippen molar-refractivity contribution in [1.82, 2.24) is 9.55 Å². The molecule has 1 unspecified atom stereocenters.